The van der Waals surface area contributed by atoms with Gasteiger partial charge in [0.15, 0.2) is 0 Å². The molecule has 3 aromatic rings. The Morgan fingerprint density at radius 2 is 1.42 bits per heavy atom. The fourth-order valence-electron chi connectivity index (χ4n) is 2.71. The number of anilines is 1. The first-order valence-corrected chi connectivity index (χ1v) is 8.56. The number of hydrogen-bond acceptors (Lipinski definition) is 2. The van der Waals surface area contributed by atoms with Gasteiger partial charge in [0, 0.05) is 18.8 Å². The van der Waals surface area contributed by atoms with E-state index in [-0.39, 0.29) is 18.3 Å². The monoisotopic (exact) mass is 348 g/mol. The zero-order chi connectivity index (χ0) is 18.2. The van der Waals surface area contributed by atoms with Gasteiger partial charge in [-0.1, -0.05) is 60.7 Å². The molecule has 0 saturated heterocycles. The second-order valence-corrected chi connectivity index (χ2v) is 6.08. The van der Waals surface area contributed by atoms with E-state index in [0.717, 1.165) is 16.8 Å². The Morgan fingerprint density at radius 3 is 2.08 bits per heavy atom. The van der Waals surface area contributed by atoms with E-state index in [2.05, 4.69) is 5.32 Å². The molecule has 3 aromatic carbocycles. The van der Waals surface area contributed by atoms with Crippen LogP contribution in [0.5, 0.6) is 0 Å². The molecule has 0 aliphatic rings. The van der Waals surface area contributed by atoms with E-state index in [1.54, 1.807) is 12.1 Å². The van der Waals surface area contributed by atoms with Crippen molar-refractivity contribution in [3.8, 4) is 0 Å². The molecule has 1 amide bonds. The molecule has 0 atom stereocenters. The number of hydrogen-bond donors (Lipinski definition) is 1. The lowest BCUT2D eigenvalue weighted by molar-refractivity contribution is -0.119. The Bertz CT molecular complexity index is 820. The highest BCUT2D eigenvalue weighted by molar-refractivity contribution is 5.81. The van der Waals surface area contributed by atoms with Crippen molar-refractivity contribution in [2.75, 3.05) is 11.4 Å². The van der Waals surface area contributed by atoms with Gasteiger partial charge in [0.25, 0.3) is 0 Å². The summed E-state index contributed by atoms with van der Waals surface area (Å²) in [6.45, 7) is 1.28. The molecule has 0 radical (unpaired) electrons. The molecule has 3 nitrogen and oxygen atoms in total. The van der Waals surface area contributed by atoms with Gasteiger partial charge in [-0.15, -0.1) is 0 Å². The van der Waals surface area contributed by atoms with Crippen LogP contribution in [0.3, 0.4) is 0 Å². The first kappa shape index (κ1) is 17.7. The Morgan fingerprint density at radius 1 is 0.808 bits per heavy atom. The van der Waals surface area contributed by atoms with Crippen molar-refractivity contribution in [2.45, 2.75) is 13.1 Å². The summed E-state index contributed by atoms with van der Waals surface area (Å²) in [7, 11) is 0. The minimum absolute atomic E-state index is 0.0749. The predicted molar refractivity (Wildman–Crippen MR) is 102 cm³/mol. The molecular formula is C22H21FN2O. The van der Waals surface area contributed by atoms with E-state index in [9.17, 15) is 9.18 Å². The second-order valence-electron chi connectivity index (χ2n) is 6.08. The van der Waals surface area contributed by atoms with E-state index in [0.29, 0.717) is 13.1 Å². The van der Waals surface area contributed by atoms with E-state index < -0.39 is 0 Å². The van der Waals surface area contributed by atoms with E-state index in [1.807, 2.05) is 65.6 Å². The average Bonchev–Trinajstić information content (AvgIpc) is 2.68. The molecule has 0 saturated carbocycles. The summed E-state index contributed by atoms with van der Waals surface area (Å²) in [6, 6.07) is 26.1. The maximum Gasteiger partial charge on any atom is 0.239 e. The number of benzene rings is 3. The van der Waals surface area contributed by atoms with E-state index in [1.165, 1.54) is 12.1 Å². The molecule has 0 spiro atoms. The van der Waals surface area contributed by atoms with Crippen molar-refractivity contribution in [1.82, 2.24) is 5.32 Å². The summed E-state index contributed by atoms with van der Waals surface area (Å²) < 4.78 is 13.0. The number of carbonyl (C=O) groups is 1. The summed E-state index contributed by atoms with van der Waals surface area (Å²) in [5.74, 6) is -0.354. The number of para-hydroxylation sites is 1. The minimum atomic E-state index is -0.279. The van der Waals surface area contributed by atoms with Crippen molar-refractivity contribution in [3.05, 3.63) is 102 Å². The zero-order valence-corrected chi connectivity index (χ0v) is 14.4. The summed E-state index contributed by atoms with van der Waals surface area (Å²) in [6.07, 6.45) is 0. The van der Waals surface area contributed by atoms with E-state index >= 15 is 0 Å². The Balaban J connectivity index is 1.64. The van der Waals surface area contributed by atoms with Gasteiger partial charge >= 0.3 is 0 Å². The first-order chi connectivity index (χ1) is 12.7. The van der Waals surface area contributed by atoms with Crippen molar-refractivity contribution in [3.63, 3.8) is 0 Å². The lowest BCUT2D eigenvalue weighted by Crippen LogP contribution is -2.36. The van der Waals surface area contributed by atoms with Gasteiger partial charge in [-0.05, 0) is 35.4 Å². The molecule has 3 rings (SSSR count). The molecule has 0 bridgehead atoms. The van der Waals surface area contributed by atoms with Gasteiger partial charge < -0.3 is 10.2 Å². The van der Waals surface area contributed by atoms with Crippen LogP contribution in [-0.4, -0.2) is 12.5 Å². The number of amides is 1. The molecule has 26 heavy (non-hydrogen) atoms. The van der Waals surface area contributed by atoms with Crippen molar-refractivity contribution >= 4 is 11.6 Å². The highest BCUT2D eigenvalue weighted by atomic mass is 19.1. The highest BCUT2D eigenvalue weighted by Crippen LogP contribution is 2.16. The third kappa shape index (κ3) is 5.18. The fraction of sp³-hybridized carbons (Fsp3) is 0.136. The number of rotatable bonds is 7. The lowest BCUT2D eigenvalue weighted by atomic mass is 10.2. The van der Waals surface area contributed by atoms with Crippen LogP contribution in [0.2, 0.25) is 0 Å². The quantitative estimate of drug-likeness (QED) is 0.696. The normalized spacial score (nSPS) is 10.3. The fourth-order valence-corrected chi connectivity index (χ4v) is 2.71. The zero-order valence-electron chi connectivity index (χ0n) is 14.4. The summed E-state index contributed by atoms with van der Waals surface area (Å²) in [5, 5.41) is 2.90. The van der Waals surface area contributed by atoms with Crippen LogP contribution in [0, 0.1) is 5.82 Å². The topological polar surface area (TPSA) is 32.3 Å². The molecule has 0 aliphatic heterocycles. The SMILES string of the molecule is O=C(CN(Cc1ccccc1)c1ccccc1)NCc1ccc(F)cc1. The molecule has 0 aromatic heterocycles. The van der Waals surface area contributed by atoms with Crippen LogP contribution in [-0.2, 0) is 17.9 Å². The number of nitrogens with one attached hydrogen (secondary N) is 1. The van der Waals surface area contributed by atoms with E-state index in [4.69, 9.17) is 0 Å². The predicted octanol–water partition coefficient (Wildman–Crippen LogP) is 4.15. The van der Waals surface area contributed by atoms with Gasteiger partial charge in [-0.3, -0.25) is 4.79 Å². The average molecular weight is 348 g/mol. The molecular weight excluding hydrogens is 327 g/mol. The van der Waals surface area contributed by atoms with Gasteiger partial charge in [0.1, 0.15) is 5.82 Å². The standard InChI is InChI=1S/C22H21FN2O/c23-20-13-11-18(12-14-20)15-24-22(26)17-25(21-9-5-2-6-10-21)16-19-7-3-1-4-8-19/h1-14H,15-17H2,(H,24,26). The maximum atomic E-state index is 13.0. The summed E-state index contributed by atoms with van der Waals surface area (Å²) in [4.78, 5) is 14.5. The maximum absolute atomic E-state index is 13.0. The Kier molecular flexibility index (Phi) is 5.99. The summed E-state index contributed by atoms with van der Waals surface area (Å²) >= 11 is 0. The molecule has 0 heterocycles. The largest absolute Gasteiger partial charge is 0.358 e. The van der Waals surface area contributed by atoms with Crippen molar-refractivity contribution in [1.29, 1.82) is 0 Å². The van der Waals surface area contributed by atoms with Crippen LogP contribution in [0.25, 0.3) is 0 Å². The van der Waals surface area contributed by atoms with Crippen molar-refractivity contribution in [2.24, 2.45) is 0 Å². The van der Waals surface area contributed by atoms with Gasteiger partial charge in [-0.2, -0.15) is 0 Å². The highest BCUT2D eigenvalue weighted by Gasteiger charge is 2.12. The first-order valence-electron chi connectivity index (χ1n) is 8.56. The summed E-state index contributed by atoms with van der Waals surface area (Å²) in [5.41, 5.74) is 3.00. The third-order valence-electron chi connectivity index (χ3n) is 4.08. The second kappa shape index (κ2) is 8.81. The van der Waals surface area contributed by atoms with Crippen LogP contribution in [0.15, 0.2) is 84.9 Å². The van der Waals surface area contributed by atoms with Crippen LogP contribution in [0.4, 0.5) is 10.1 Å². The number of halogens is 1. The molecule has 1 N–H and O–H groups in total. The van der Waals surface area contributed by atoms with Gasteiger partial charge in [0.05, 0.1) is 6.54 Å². The minimum Gasteiger partial charge on any atom is -0.358 e. The number of nitrogens with zero attached hydrogens (tertiary/aromatic N) is 1. The Labute approximate surface area is 153 Å². The van der Waals surface area contributed by atoms with Crippen LogP contribution >= 0.6 is 0 Å². The van der Waals surface area contributed by atoms with Gasteiger partial charge in [-0.25, -0.2) is 4.39 Å². The molecule has 4 heteroatoms. The molecule has 0 aliphatic carbocycles. The number of carbonyl (C=O) groups excluding carboxylic acids is 1. The molecule has 132 valence electrons. The van der Waals surface area contributed by atoms with Crippen molar-refractivity contribution < 1.29 is 9.18 Å². The molecule has 0 unspecified atom stereocenters. The van der Waals surface area contributed by atoms with Crippen LogP contribution in [0.1, 0.15) is 11.1 Å². The smallest absolute Gasteiger partial charge is 0.239 e. The molecule has 0 fully saturated rings. The van der Waals surface area contributed by atoms with Crippen LogP contribution < -0.4 is 10.2 Å². The third-order valence-corrected chi connectivity index (χ3v) is 4.08. The Hall–Kier alpha value is -3.14. The lowest BCUT2D eigenvalue weighted by Gasteiger charge is -2.24. The van der Waals surface area contributed by atoms with Gasteiger partial charge in [0.2, 0.25) is 5.91 Å².